The second kappa shape index (κ2) is 6.75. The van der Waals surface area contributed by atoms with Gasteiger partial charge in [-0.05, 0) is 32.6 Å². The van der Waals surface area contributed by atoms with Gasteiger partial charge in [0.05, 0.1) is 11.5 Å². The van der Waals surface area contributed by atoms with E-state index in [2.05, 4.69) is 24.3 Å². The average Bonchev–Trinajstić information content (AvgIpc) is 2.45. The molecule has 6 nitrogen and oxygen atoms in total. The number of rotatable bonds is 5. The van der Waals surface area contributed by atoms with Crippen LogP contribution in [0.2, 0.25) is 0 Å². The lowest BCUT2D eigenvalue weighted by Crippen LogP contribution is -2.50. The first kappa shape index (κ1) is 15.8. The molecule has 1 aliphatic rings. The second-order valence-corrected chi connectivity index (χ2v) is 5.18. The summed E-state index contributed by atoms with van der Waals surface area (Å²) in [4.78, 5) is 12.0. The van der Waals surface area contributed by atoms with Crippen molar-refractivity contribution in [1.29, 1.82) is 0 Å². The van der Waals surface area contributed by atoms with Crippen molar-refractivity contribution in [2.75, 3.05) is 6.61 Å². The van der Waals surface area contributed by atoms with Crippen LogP contribution in [0.3, 0.4) is 0 Å². The molecular weight excluding hydrogens is 246 g/mol. The molecule has 2 atom stereocenters. The molecule has 1 aliphatic heterocycles. The molecule has 1 rings (SSSR count). The van der Waals surface area contributed by atoms with E-state index in [0.717, 1.165) is 25.7 Å². The van der Waals surface area contributed by atoms with E-state index in [9.17, 15) is 4.79 Å². The Kier molecular flexibility index (Phi) is 5.60. The minimum atomic E-state index is -0.620. The zero-order valence-electron chi connectivity index (χ0n) is 12.0. The number of amides is 1. The van der Waals surface area contributed by atoms with Gasteiger partial charge in [0.25, 0.3) is 0 Å². The van der Waals surface area contributed by atoms with Crippen LogP contribution in [0, 0.1) is 5.92 Å². The summed E-state index contributed by atoms with van der Waals surface area (Å²) in [6.07, 6.45) is 3.49. The standard InChI is InChI=1S/C13H25N3O3/c1-4-13(5-2)8-10(6-7-19-13)15-12(17)9(3)11(14)16-18/h9-10,18H,4-8H2,1-3H3,(H2,14,16)(H,15,17). The van der Waals surface area contributed by atoms with Gasteiger partial charge in [0.2, 0.25) is 5.91 Å². The predicted octanol–water partition coefficient (Wildman–Crippen LogP) is 1.22. The summed E-state index contributed by atoms with van der Waals surface area (Å²) in [5, 5.41) is 14.4. The molecule has 2 unspecified atom stereocenters. The van der Waals surface area contributed by atoms with Crippen molar-refractivity contribution in [3.05, 3.63) is 0 Å². The van der Waals surface area contributed by atoms with E-state index < -0.39 is 5.92 Å². The maximum atomic E-state index is 12.0. The van der Waals surface area contributed by atoms with Gasteiger partial charge < -0.3 is 21.0 Å². The van der Waals surface area contributed by atoms with Crippen LogP contribution in [0.15, 0.2) is 5.16 Å². The topological polar surface area (TPSA) is 96.9 Å². The first-order valence-electron chi connectivity index (χ1n) is 6.89. The molecule has 1 heterocycles. The largest absolute Gasteiger partial charge is 0.409 e. The summed E-state index contributed by atoms with van der Waals surface area (Å²) in [6.45, 7) is 6.49. The second-order valence-electron chi connectivity index (χ2n) is 5.18. The zero-order chi connectivity index (χ0) is 14.5. The molecule has 0 saturated carbocycles. The number of carbonyl (C=O) groups is 1. The minimum Gasteiger partial charge on any atom is -0.409 e. The Morgan fingerprint density at radius 1 is 1.58 bits per heavy atom. The number of oxime groups is 1. The van der Waals surface area contributed by atoms with Crippen LogP contribution >= 0.6 is 0 Å². The Morgan fingerprint density at radius 3 is 2.74 bits per heavy atom. The van der Waals surface area contributed by atoms with E-state index in [1.807, 2.05) is 0 Å². The summed E-state index contributed by atoms with van der Waals surface area (Å²) in [5.41, 5.74) is 5.31. The maximum absolute atomic E-state index is 12.0. The molecule has 1 amide bonds. The maximum Gasteiger partial charge on any atom is 0.230 e. The van der Waals surface area contributed by atoms with Gasteiger partial charge in [-0.15, -0.1) is 0 Å². The lowest BCUT2D eigenvalue weighted by atomic mass is 9.85. The molecule has 0 radical (unpaired) electrons. The third kappa shape index (κ3) is 3.83. The van der Waals surface area contributed by atoms with Crippen molar-refractivity contribution in [3.63, 3.8) is 0 Å². The highest BCUT2D eigenvalue weighted by atomic mass is 16.5. The Labute approximate surface area is 114 Å². The summed E-state index contributed by atoms with van der Waals surface area (Å²) >= 11 is 0. The predicted molar refractivity (Wildman–Crippen MR) is 73.0 cm³/mol. The van der Waals surface area contributed by atoms with Gasteiger partial charge in [-0.3, -0.25) is 4.79 Å². The van der Waals surface area contributed by atoms with Gasteiger partial charge >= 0.3 is 0 Å². The molecule has 1 saturated heterocycles. The minimum absolute atomic E-state index is 0.0678. The van der Waals surface area contributed by atoms with Crippen molar-refractivity contribution in [1.82, 2.24) is 5.32 Å². The molecule has 19 heavy (non-hydrogen) atoms. The third-order valence-corrected chi connectivity index (χ3v) is 4.08. The molecule has 0 spiro atoms. The lowest BCUT2D eigenvalue weighted by molar-refractivity contribution is -0.127. The van der Waals surface area contributed by atoms with Crippen molar-refractivity contribution in [2.24, 2.45) is 16.8 Å². The molecule has 0 aliphatic carbocycles. The van der Waals surface area contributed by atoms with E-state index in [4.69, 9.17) is 15.7 Å². The summed E-state index contributed by atoms with van der Waals surface area (Å²) in [7, 11) is 0. The van der Waals surface area contributed by atoms with Gasteiger partial charge in [-0.1, -0.05) is 19.0 Å². The number of hydrogen-bond donors (Lipinski definition) is 3. The molecule has 4 N–H and O–H groups in total. The van der Waals surface area contributed by atoms with Crippen LogP contribution in [0.4, 0.5) is 0 Å². The van der Waals surface area contributed by atoms with Gasteiger partial charge in [0.15, 0.2) is 5.84 Å². The van der Waals surface area contributed by atoms with Gasteiger partial charge in [0, 0.05) is 12.6 Å². The van der Waals surface area contributed by atoms with Crippen molar-refractivity contribution in [3.8, 4) is 0 Å². The summed E-state index contributed by atoms with van der Waals surface area (Å²) in [5.74, 6) is -0.893. The lowest BCUT2D eigenvalue weighted by Gasteiger charge is -2.40. The van der Waals surface area contributed by atoms with Gasteiger partial charge in [0.1, 0.15) is 0 Å². The van der Waals surface area contributed by atoms with Crippen LogP contribution < -0.4 is 11.1 Å². The molecular formula is C13H25N3O3. The number of hydrogen-bond acceptors (Lipinski definition) is 4. The van der Waals surface area contributed by atoms with Crippen molar-refractivity contribution >= 4 is 11.7 Å². The Balaban J connectivity index is 2.60. The van der Waals surface area contributed by atoms with E-state index in [-0.39, 0.29) is 23.4 Å². The number of amidine groups is 1. The highest BCUT2D eigenvalue weighted by molar-refractivity contribution is 6.01. The van der Waals surface area contributed by atoms with E-state index in [1.165, 1.54) is 0 Å². The molecule has 6 heteroatoms. The van der Waals surface area contributed by atoms with E-state index in [1.54, 1.807) is 6.92 Å². The van der Waals surface area contributed by atoms with Crippen LogP contribution in [-0.4, -0.2) is 35.2 Å². The third-order valence-electron chi connectivity index (χ3n) is 4.08. The van der Waals surface area contributed by atoms with E-state index in [0.29, 0.717) is 6.61 Å². The van der Waals surface area contributed by atoms with Crippen LogP contribution in [-0.2, 0) is 9.53 Å². The fraction of sp³-hybridized carbons (Fsp3) is 0.846. The number of nitrogens with zero attached hydrogens (tertiary/aromatic N) is 1. The SMILES string of the molecule is CCC1(CC)CC(NC(=O)C(C)C(N)=NO)CCO1. The molecule has 0 aromatic carbocycles. The Bertz CT molecular complexity index is 340. The number of carbonyl (C=O) groups excluding carboxylic acids is 1. The normalized spacial score (nSPS) is 24.8. The van der Waals surface area contributed by atoms with Crippen LogP contribution in [0.1, 0.15) is 46.5 Å². The zero-order valence-corrected chi connectivity index (χ0v) is 12.0. The van der Waals surface area contributed by atoms with E-state index >= 15 is 0 Å². The van der Waals surface area contributed by atoms with Crippen molar-refractivity contribution in [2.45, 2.75) is 58.1 Å². The fourth-order valence-electron chi connectivity index (χ4n) is 2.44. The number of nitrogens with two attached hydrogens (primary N) is 1. The van der Waals surface area contributed by atoms with Crippen molar-refractivity contribution < 1.29 is 14.7 Å². The molecule has 0 aromatic heterocycles. The highest BCUT2D eigenvalue weighted by Crippen LogP contribution is 2.31. The molecule has 1 fully saturated rings. The van der Waals surface area contributed by atoms with Gasteiger partial charge in [-0.2, -0.15) is 0 Å². The van der Waals surface area contributed by atoms with Gasteiger partial charge in [-0.25, -0.2) is 0 Å². The molecule has 0 aromatic rings. The Hall–Kier alpha value is -1.30. The fourth-order valence-corrected chi connectivity index (χ4v) is 2.44. The van der Waals surface area contributed by atoms with Crippen LogP contribution in [0.5, 0.6) is 0 Å². The summed E-state index contributed by atoms with van der Waals surface area (Å²) < 4.78 is 5.87. The molecule has 110 valence electrons. The Morgan fingerprint density at radius 2 is 2.21 bits per heavy atom. The number of nitrogens with one attached hydrogen (secondary N) is 1. The number of ether oxygens (including phenoxy) is 1. The molecule has 0 bridgehead atoms. The first-order valence-corrected chi connectivity index (χ1v) is 6.89. The highest BCUT2D eigenvalue weighted by Gasteiger charge is 2.35. The van der Waals surface area contributed by atoms with Crippen LogP contribution in [0.25, 0.3) is 0 Å². The summed E-state index contributed by atoms with van der Waals surface area (Å²) in [6, 6.07) is 0.0927. The first-order chi connectivity index (χ1) is 8.98. The quantitative estimate of drug-likeness (QED) is 0.303. The average molecular weight is 271 g/mol. The smallest absolute Gasteiger partial charge is 0.230 e. The monoisotopic (exact) mass is 271 g/mol.